The number of halogens is 2. The molecule has 0 aliphatic carbocycles. The quantitative estimate of drug-likeness (QED) is 0.418. The van der Waals surface area contributed by atoms with Crippen molar-refractivity contribution in [3.8, 4) is 11.5 Å². The Balaban J connectivity index is 0.00000408. The lowest BCUT2D eigenvalue weighted by molar-refractivity contribution is 0.193. The van der Waals surface area contributed by atoms with Crippen molar-refractivity contribution >= 4 is 18.4 Å². The van der Waals surface area contributed by atoms with Gasteiger partial charge >= 0.3 is 6.03 Å². The van der Waals surface area contributed by atoms with Gasteiger partial charge in [-0.2, -0.15) is 0 Å². The number of nitrogens with two attached hydrogens (primary N) is 1. The molecule has 0 radical (unpaired) electrons. The van der Waals surface area contributed by atoms with E-state index in [1.807, 2.05) is 55.5 Å². The van der Waals surface area contributed by atoms with E-state index in [0.717, 1.165) is 16.7 Å². The van der Waals surface area contributed by atoms with Crippen molar-refractivity contribution in [1.29, 1.82) is 0 Å². The molecule has 0 fully saturated rings. The predicted octanol–water partition coefficient (Wildman–Crippen LogP) is 5.07. The Hall–Kier alpha value is -3.29. The van der Waals surface area contributed by atoms with Crippen LogP contribution in [0.4, 0.5) is 9.18 Å². The zero-order chi connectivity index (χ0) is 23.6. The zero-order valence-corrected chi connectivity index (χ0v) is 20.2. The minimum absolute atomic E-state index is 0. The highest BCUT2D eigenvalue weighted by atomic mass is 35.5. The number of methoxy groups -OCH3 is 1. The normalized spacial score (nSPS) is 11.2. The number of benzene rings is 3. The Morgan fingerprint density at radius 1 is 1.03 bits per heavy atom. The van der Waals surface area contributed by atoms with Crippen LogP contribution in [-0.4, -0.2) is 31.1 Å². The number of hydrogen-bond donors (Lipinski definition) is 2. The maximum atomic E-state index is 13.2. The summed E-state index contributed by atoms with van der Waals surface area (Å²) in [6.45, 7) is 3.35. The molecule has 6 nitrogen and oxygen atoms in total. The summed E-state index contributed by atoms with van der Waals surface area (Å²) in [6.07, 6.45) is 0. The van der Waals surface area contributed by atoms with Crippen LogP contribution in [0.2, 0.25) is 0 Å². The third kappa shape index (κ3) is 7.64. The van der Waals surface area contributed by atoms with Gasteiger partial charge in [-0.15, -0.1) is 12.4 Å². The Kier molecular flexibility index (Phi) is 10.6. The number of urea groups is 1. The SMILES string of the molecule is COc1cc(CN(CCN)C(=O)NC(C)c2ccc(F)cc2)ccc1OCc1ccccc1.Cl. The van der Waals surface area contributed by atoms with Crippen LogP contribution in [0.1, 0.15) is 29.7 Å². The fourth-order valence-electron chi connectivity index (χ4n) is 3.40. The first-order valence-electron chi connectivity index (χ1n) is 10.8. The van der Waals surface area contributed by atoms with E-state index in [0.29, 0.717) is 37.7 Å². The summed E-state index contributed by atoms with van der Waals surface area (Å²) in [5.74, 6) is 0.910. The third-order valence-corrected chi connectivity index (χ3v) is 5.23. The Morgan fingerprint density at radius 2 is 1.74 bits per heavy atom. The molecule has 0 aliphatic heterocycles. The number of rotatable bonds is 10. The van der Waals surface area contributed by atoms with Gasteiger partial charge in [0, 0.05) is 19.6 Å². The molecule has 0 saturated heterocycles. The Labute approximate surface area is 206 Å². The second-order valence-corrected chi connectivity index (χ2v) is 7.69. The summed E-state index contributed by atoms with van der Waals surface area (Å²) in [5, 5.41) is 2.95. The largest absolute Gasteiger partial charge is 0.493 e. The average Bonchev–Trinajstić information content (AvgIpc) is 2.83. The van der Waals surface area contributed by atoms with Gasteiger partial charge in [0.05, 0.1) is 13.2 Å². The standard InChI is InChI=1S/C26H30FN3O3.ClH/c1-19(22-9-11-23(27)12-10-22)29-26(31)30(15-14-28)17-21-8-13-24(25(16-21)32-2)33-18-20-6-4-3-5-7-20;/h3-13,16,19H,14-15,17-18,28H2,1-2H3,(H,29,31);1H. The zero-order valence-electron chi connectivity index (χ0n) is 19.4. The minimum atomic E-state index is -0.313. The van der Waals surface area contributed by atoms with Gasteiger partial charge in [-0.1, -0.05) is 48.5 Å². The number of carbonyl (C=O) groups excluding carboxylic acids is 1. The third-order valence-electron chi connectivity index (χ3n) is 5.23. The van der Waals surface area contributed by atoms with Gasteiger partial charge in [0.25, 0.3) is 0 Å². The molecule has 3 rings (SSSR count). The molecule has 0 heterocycles. The number of carbonyl (C=O) groups is 1. The number of ether oxygens (including phenoxy) is 2. The molecule has 0 saturated carbocycles. The van der Waals surface area contributed by atoms with Crippen molar-refractivity contribution < 1.29 is 18.7 Å². The molecule has 3 aromatic carbocycles. The summed E-state index contributed by atoms with van der Waals surface area (Å²) >= 11 is 0. The lowest BCUT2D eigenvalue weighted by Crippen LogP contribution is -2.42. The van der Waals surface area contributed by atoms with Crippen molar-refractivity contribution in [2.24, 2.45) is 5.73 Å². The van der Waals surface area contributed by atoms with Gasteiger partial charge in [-0.25, -0.2) is 9.18 Å². The molecular formula is C26H31ClFN3O3. The summed E-state index contributed by atoms with van der Waals surface area (Å²) in [5.41, 5.74) is 8.51. The van der Waals surface area contributed by atoms with Crippen molar-refractivity contribution in [2.75, 3.05) is 20.2 Å². The molecule has 3 N–H and O–H groups in total. The highest BCUT2D eigenvalue weighted by Crippen LogP contribution is 2.29. The monoisotopic (exact) mass is 487 g/mol. The predicted molar refractivity (Wildman–Crippen MR) is 134 cm³/mol. The molecule has 0 aliphatic rings. The molecule has 1 atom stereocenters. The fourth-order valence-corrected chi connectivity index (χ4v) is 3.40. The van der Waals surface area contributed by atoms with Crippen LogP contribution in [0.15, 0.2) is 72.8 Å². The topological polar surface area (TPSA) is 76.8 Å². The van der Waals surface area contributed by atoms with Crippen LogP contribution in [0.3, 0.4) is 0 Å². The van der Waals surface area contributed by atoms with E-state index in [9.17, 15) is 9.18 Å². The number of nitrogens with zero attached hydrogens (tertiary/aromatic N) is 1. The molecule has 182 valence electrons. The van der Waals surface area contributed by atoms with E-state index in [1.54, 1.807) is 24.1 Å². The summed E-state index contributed by atoms with van der Waals surface area (Å²) < 4.78 is 24.6. The smallest absolute Gasteiger partial charge is 0.318 e. The van der Waals surface area contributed by atoms with E-state index in [4.69, 9.17) is 15.2 Å². The molecule has 1 unspecified atom stereocenters. The highest BCUT2D eigenvalue weighted by Gasteiger charge is 2.18. The fraction of sp³-hybridized carbons (Fsp3) is 0.269. The highest BCUT2D eigenvalue weighted by molar-refractivity contribution is 5.85. The van der Waals surface area contributed by atoms with Gasteiger partial charge in [0.2, 0.25) is 0 Å². The summed E-state index contributed by atoms with van der Waals surface area (Å²) in [6, 6.07) is 21.0. The van der Waals surface area contributed by atoms with Gasteiger partial charge < -0.3 is 25.4 Å². The van der Waals surface area contributed by atoms with E-state index in [2.05, 4.69) is 5.32 Å². The minimum Gasteiger partial charge on any atom is -0.493 e. The van der Waals surface area contributed by atoms with E-state index >= 15 is 0 Å². The molecule has 0 spiro atoms. The molecule has 0 bridgehead atoms. The van der Waals surface area contributed by atoms with Crippen molar-refractivity contribution in [1.82, 2.24) is 10.2 Å². The van der Waals surface area contributed by atoms with E-state index in [1.165, 1.54) is 12.1 Å². The lowest BCUT2D eigenvalue weighted by Gasteiger charge is -2.25. The molecule has 2 amide bonds. The first-order valence-corrected chi connectivity index (χ1v) is 10.8. The second-order valence-electron chi connectivity index (χ2n) is 7.69. The first-order chi connectivity index (χ1) is 16.0. The van der Waals surface area contributed by atoms with Crippen molar-refractivity contribution in [3.05, 3.63) is 95.3 Å². The number of nitrogens with one attached hydrogen (secondary N) is 1. The van der Waals surface area contributed by atoms with Gasteiger partial charge in [-0.3, -0.25) is 0 Å². The summed E-state index contributed by atoms with van der Waals surface area (Å²) in [7, 11) is 1.59. The Morgan fingerprint density at radius 3 is 2.38 bits per heavy atom. The lowest BCUT2D eigenvalue weighted by atomic mass is 10.1. The Bertz CT molecular complexity index is 1040. The van der Waals surface area contributed by atoms with Crippen molar-refractivity contribution in [3.63, 3.8) is 0 Å². The van der Waals surface area contributed by atoms with Crippen molar-refractivity contribution in [2.45, 2.75) is 26.1 Å². The maximum absolute atomic E-state index is 13.2. The van der Waals surface area contributed by atoms with E-state index in [-0.39, 0.29) is 30.3 Å². The molecule has 8 heteroatoms. The van der Waals surface area contributed by atoms with Gasteiger partial charge in [0.1, 0.15) is 12.4 Å². The summed E-state index contributed by atoms with van der Waals surface area (Å²) in [4.78, 5) is 14.5. The van der Waals surface area contributed by atoms with Crippen LogP contribution < -0.4 is 20.5 Å². The number of amides is 2. The average molecular weight is 488 g/mol. The van der Waals surface area contributed by atoms with Gasteiger partial charge in [0.15, 0.2) is 11.5 Å². The van der Waals surface area contributed by atoms with Crippen LogP contribution in [0, 0.1) is 5.82 Å². The first kappa shape index (κ1) is 27.0. The number of hydrogen-bond acceptors (Lipinski definition) is 4. The second kappa shape index (κ2) is 13.4. The van der Waals surface area contributed by atoms with Crippen LogP contribution in [0.5, 0.6) is 11.5 Å². The van der Waals surface area contributed by atoms with Crippen LogP contribution in [0.25, 0.3) is 0 Å². The maximum Gasteiger partial charge on any atom is 0.318 e. The molecular weight excluding hydrogens is 457 g/mol. The van der Waals surface area contributed by atoms with Gasteiger partial charge in [-0.05, 0) is 47.9 Å². The van der Waals surface area contributed by atoms with Crippen LogP contribution in [-0.2, 0) is 13.2 Å². The molecule has 34 heavy (non-hydrogen) atoms. The van der Waals surface area contributed by atoms with E-state index < -0.39 is 0 Å². The van der Waals surface area contributed by atoms with Crippen LogP contribution >= 0.6 is 12.4 Å². The molecule has 3 aromatic rings. The molecule has 0 aromatic heterocycles.